The first-order valence-corrected chi connectivity index (χ1v) is 21.0. The summed E-state index contributed by atoms with van der Waals surface area (Å²) in [5.41, 5.74) is 17.4. The molecule has 1 atom stereocenters. The van der Waals surface area contributed by atoms with E-state index in [1.165, 1.54) is 77.2 Å². The Morgan fingerprint density at radius 1 is 0.492 bits per heavy atom. The third-order valence-electron chi connectivity index (χ3n) is 13.3. The van der Waals surface area contributed by atoms with Crippen molar-refractivity contribution in [2.45, 2.75) is 19.3 Å². The van der Waals surface area contributed by atoms with E-state index in [9.17, 15) is 5.26 Å². The van der Waals surface area contributed by atoms with Gasteiger partial charge in [-0.05, 0) is 103 Å². The van der Waals surface area contributed by atoms with Gasteiger partial charge >= 0.3 is 0 Å². The van der Waals surface area contributed by atoms with Gasteiger partial charge in [0.2, 0.25) is 0 Å². The van der Waals surface area contributed by atoms with Gasteiger partial charge in [0.25, 0.3) is 0 Å². The highest BCUT2D eigenvalue weighted by molar-refractivity contribution is 6.26. The molecular formula is C56H37N5. The molecule has 286 valence electrons. The van der Waals surface area contributed by atoms with Crippen molar-refractivity contribution in [1.82, 2.24) is 13.7 Å². The number of benzene rings is 8. The second-order valence-corrected chi connectivity index (χ2v) is 16.4. The number of allylic oxidation sites excluding steroid dienone is 4. The van der Waals surface area contributed by atoms with Crippen LogP contribution in [0.5, 0.6) is 0 Å². The molecule has 1 unspecified atom stereocenters. The van der Waals surface area contributed by atoms with Crippen LogP contribution >= 0.6 is 0 Å². The van der Waals surface area contributed by atoms with E-state index in [2.05, 4.69) is 214 Å². The average molecular weight is 780 g/mol. The Morgan fingerprint density at radius 3 is 1.82 bits per heavy atom. The van der Waals surface area contributed by atoms with Gasteiger partial charge in [0.1, 0.15) is 0 Å². The topological polar surface area (TPSA) is 41.8 Å². The van der Waals surface area contributed by atoms with Crippen molar-refractivity contribution in [3.8, 4) is 17.4 Å². The highest BCUT2D eigenvalue weighted by Gasteiger charge is 2.41. The van der Waals surface area contributed by atoms with Crippen LogP contribution in [0.2, 0.25) is 0 Å². The van der Waals surface area contributed by atoms with Crippen molar-refractivity contribution >= 4 is 82.5 Å². The molecule has 13 rings (SSSR count). The van der Waals surface area contributed by atoms with Crippen LogP contribution in [-0.2, 0) is 0 Å². The van der Waals surface area contributed by atoms with Gasteiger partial charge < -0.3 is 18.6 Å². The fourth-order valence-electron chi connectivity index (χ4n) is 10.9. The van der Waals surface area contributed by atoms with Gasteiger partial charge in [0, 0.05) is 73.1 Å². The number of aromatic nitrogens is 3. The summed E-state index contributed by atoms with van der Waals surface area (Å²) < 4.78 is 7.31. The number of hydrogen-bond acceptors (Lipinski definition) is 2. The zero-order valence-electron chi connectivity index (χ0n) is 33.4. The first-order chi connectivity index (χ1) is 30.2. The summed E-state index contributed by atoms with van der Waals surface area (Å²) in [6, 6.07) is 65.6. The van der Waals surface area contributed by atoms with Crippen LogP contribution in [0.3, 0.4) is 0 Å². The molecule has 5 nitrogen and oxygen atoms in total. The van der Waals surface area contributed by atoms with E-state index in [1.807, 2.05) is 6.07 Å². The van der Waals surface area contributed by atoms with E-state index in [0.29, 0.717) is 5.56 Å². The Morgan fingerprint density at radius 2 is 1.10 bits per heavy atom. The molecule has 0 spiro atoms. The number of nitriles is 1. The van der Waals surface area contributed by atoms with Crippen LogP contribution in [0, 0.1) is 18.3 Å². The largest absolute Gasteiger partial charge is 0.313 e. The summed E-state index contributed by atoms with van der Waals surface area (Å²) in [6.07, 6.45) is 5.49. The standard InChI is InChI=1S/C56H37N5/c1-35-31-51-54(43-22-12-14-24-47(43)58(51)37-15-5-2-6-16-37)56-52(35)45-33-40(26-29-48(45)61(56)39-19-9-4-10-20-39)59-49-30-28-42-41-21-11-13-23-46(41)60(38-17-7-3-8-18-38)55(42)53(49)44-27-25-36(34-57)32-50(44)59/h2-32,45H,33H2,1H3. The second kappa shape index (κ2) is 12.7. The van der Waals surface area contributed by atoms with Crippen molar-refractivity contribution in [3.05, 3.63) is 210 Å². The lowest BCUT2D eigenvalue weighted by molar-refractivity contribution is 0.802. The van der Waals surface area contributed by atoms with Crippen LogP contribution in [0.15, 0.2) is 194 Å². The molecule has 1 aliphatic heterocycles. The monoisotopic (exact) mass is 779 g/mol. The predicted molar refractivity (Wildman–Crippen MR) is 252 cm³/mol. The molecule has 5 heteroatoms. The van der Waals surface area contributed by atoms with Crippen LogP contribution in [0.1, 0.15) is 29.0 Å². The first kappa shape index (κ1) is 33.9. The van der Waals surface area contributed by atoms with Gasteiger partial charge in [-0.2, -0.15) is 5.26 Å². The molecule has 0 N–H and O–H groups in total. The molecule has 0 saturated heterocycles. The zero-order chi connectivity index (χ0) is 40.3. The quantitative estimate of drug-likeness (QED) is 0.179. The molecule has 0 saturated carbocycles. The Balaban J connectivity index is 1.09. The summed E-state index contributed by atoms with van der Waals surface area (Å²) in [7, 11) is 0. The summed E-state index contributed by atoms with van der Waals surface area (Å²) >= 11 is 0. The molecule has 3 aromatic heterocycles. The minimum Gasteiger partial charge on any atom is -0.313 e. The maximum atomic E-state index is 10.3. The van der Waals surface area contributed by atoms with Crippen LogP contribution in [0.4, 0.5) is 11.4 Å². The molecule has 0 fully saturated rings. The van der Waals surface area contributed by atoms with Crippen molar-refractivity contribution in [1.29, 1.82) is 5.26 Å². The lowest BCUT2D eigenvalue weighted by Crippen LogP contribution is -2.16. The lowest BCUT2D eigenvalue weighted by atomic mass is 9.86. The summed E-state index contributed by atoms with van der Waals surface area (Å²) in [5.74, 6) is 0.101. The molecule has 0 radical (unpaired) electrons. The third kappa shape index (κ3) is 4.65. The van der Waals surface area contributed by atoms with Crippen molar-refractivity contribution in [3.63, 3.8) is 0 Å². The molecule has 61 heavy (non-hydrogen) atoms. The minimum atomic E-state index is 0.101. The number of nitrogens with zero attached hydrogens (tertiary/aromatic N) is 5. The Kier molecular flexibility index (Phi) is 7.06. The number of anilines is 2. The summed E-state index contributed by atoms with van der Waals surface area (Å²) in [5, 5.41) is 17.6. The molecule has 1 aliphatic carbocycles. The Bertz CT molecular complexity index is 3740. The molecule has 8 aromatic carbocycles. The number of para-hydroxylation sites is 5. The highest BCUT2D eigenvalue weighted by Crippen LogP contribution is 2.58. The van der Waals surface area contributed by atoms with Crippen molar-refractivity contribution < 1.29 is 0 Å². The molecule has 4 heterocycles. The van der Waals surface area contributed by atoms with E-state index < -0.39 is 0 Å². The van der Waals surface area contributed by atoms with Gasteiger partial charge in [0.05, 0.1) is 50.4 Å². The molecule has 11 aromatic rings. The summed E-state index contributed by atoms with van der Waals surface area (Å²) in [6.45, 7) is 2.30. The number of aryl methyl sites for hydroxylation is 1. The fraction of sp³-hybridized carbons (Fsp3) is 0.0536. The Hall–Kier alpha value is -8.07. The van der Waals surface area contributed by atoms with E-state index in [0.717, 1.165) is 39.9 Å². The molecule has 2 aliphatic rings. The van der Waals surface area contributed by atoms with Crippen molar-refractivity contribution in [2.75, 3.05) is 4.90 Å². The maximum absolute atomic E-state index is 10.3. The average Bonchev–Trinajstić information content (AvgIpc) is 4.04. The van der Waals surface area contributed by atoms with E-state index >= 15 is 0 Å². The number of fused-ring (bicyclic) bond motifs is 14. The SMILES string of the molecule is Cc1cc2c(c3c1C1CC(n4c5cc(C#N)ccc5c5c4ccc4c6ccccc6n(-c6ccccc6)c45)=CC=C1N3c1ccccc1)c1ccccc1n2-c1ccccc1. The minimum absolute atomic E-state index is 0.101. The van der Waals surface area contributed by atoms with Gasteiger partial charge in [-0.25, -0.2) is 0 Å². The number of rotatable bonds is 4. The molecule has 0 amide bonds. The van der Waals surface area contributed by atoms with Crippen molar-refractivity contribution in [2.24, 2.45) is 0 Å². The summed E-state index contributed by atoms with van der Waals surface area (Å²) in [4.78, 5) is 2.53. The zero-order valence-corrected chi connectivity index (χ0v) is 33.4. The Labute approximate surface area is 352 Å². The maximum Gasteiger partial charge on any atom is 0.0992 e. The lowest BCUT2D eigenvalue weighted by Gasteiger charge is -2.27. The molecule has 0 bridgehead atoms. The van der Waals surface area contributed by atoms with E-state index in [4.69, 9.17) is 0 Å². The first-order valence-electron chi connectivity index (χ1n) is 21.0. The molecular weight excluding hydrogens is 743 g/mol. The van der Waals surface area contributed by atoms with Crippen LogP contribution in [0.25, 0.3) is 82.5 Å². The highest BCUT2D eigenvalue weighted by atomic mass is 15.2. The van der Waals surface area contributed by atoms with Gasteiger partial charge in [-0.1, -0.05) is 103 Å². The van der Waals surface area contributed by atoms with Crippen LogP contribution < -0.4 is 4.90 Å². The predicted octanol–water partition coefficient (Wildman–Crippen LogP) is 14.2. The van der Waals surface area contributed by atoms with Crippen LogP contribution in [-0.4, -0.2) is 13.7 Å². The van der Waals surface area contributed by atoms with E-state index in [1.54, 1.807) is 0 Å². The van der Waals surface area contributed by atoms with E-state index in [-0.39, 0.29) is 5.92 Å². The van der Waals surface area contributed by atoms with Gasteiger partial charge in [0.15, 0.2) is 0 Å². The number of hydrogen-bond donors (Lipinski definition) is 0. The fourth-order valence-corrected chi connectivity index (χ4v) is 10.9. The smallest absolute Gasteiger partial charge is 0.0992 e. The normalized spacial score (nSPS) is 14.9. The van der Waals surface area contributed by atoms with Gasteiger partial charge in [-0.15, -0.1) is 0 Å². The van der Waals surface area contributed by atoms with Gasteiger partial charge in [-0.3, -0.25) is 0 Å². The third-order valence-corrected chi connectivity index (χ3v) is 13.3. The second-order valence-electron chi connectivity index (χ2n) is 16.4.